The van der Waals surface area contributed by atoms with Crippen molar-refractivity contribution >= 4 is 60.7 Å². The molecule has 0 saturated heterocycles. The fourth-order valence-corrected chi connectivity index (χ4v) is 14.4. The molecule has 0 fully saturated rings. The fourth-order valence-electron chi connectivity index (χ4n) is 14.4. The van der Waals surface area contributed by atoms with Crippen molar-refractivity contribution in [2.45, 2.75) is 5.41 Å². The standard InChI is InChI=1S/C79H51N3/c1-3-20-55(21-4-1)81-72-36-15-10-27-66(72)77-61(30-18-38-74(77)81)53-42-48-58(49-43-53)80(59-50-44-54(45-51-59)62-31-19-39-75-78(62)67-28-11-16-37-73(67)82(75)56-22-5-2-6-23-56)57-46-40-52(41-47-57)60-29-17-35-71-76(60)65-26-9-14-34-70(65)79(71)68-32-12-7-24-63(68)64-25-8-13-33-69(64)79/h1-51H. The van der Waals surface area contributed by atoms with Crippen molar-refractivity contribution in [3.05, 3.63) is 332 Å². The number of aromatic nitrogens is 2. The molecule has 2 aliphatic carbocycles. The van der Waals surface area contributed by atoms with Crippen molar-refractivity contribution < 1.29 is 0 Å². The summed E-state index contributed by atoms with van der Waals surface area (Å²) in [6, 6.07) is 114. The Hall–Kier alpha value is -10.7. The van der Waals surface area contributed by atoms with Crippen LogP contribution in [0.4, 0.5) is 17.1 Å². The third-order valence-electron chi connectivity index (χ3n) is 17.8. The lowest BCUT2D eigenvalue weighted by atomic mass is 9.70. The van der Waals surface area contributed by atoms with Crippen molar-refractivity contribution in [2.75, 3.05) is 4.90 Å². The summed E-state index contributed by atoms with van der Waals surface area (Å²) in [5.74, 6) is 0. The van der Waals surface area contributed by atoms with E-state index in [2.05, 4.69) is 323 Å². The molecule has 82 heavy (non-hydrogen) atoms. The quantitative estimate of drug-likeness (QED) is 0.148. The van der Waals surface area contributed by atoms with Crippen molar-refractivity contribution in [3.8, 4) is 67.0 Å². The van der Waals surface area contributed by atoms with Gasteiger partial charge >= 0.3 is 0 Å². The first kappa shape index (κ1) is 46.2. The second-order valence-electron chi connectivity index (χ2n) is 21.9. The van der Waals surface area contributed by atoms with E-state index in [9.17, 15) is 0 Å². The van der Waals surface area contributed by atoms with E-state index in [1.54, 1.807) is 0 Å². The van der Waals surface area contributed by atoms with Crippen LogP contribution in [0.1, 0.15) is 22.3 Å². The van der Waals surface area contributed by atoms with Crippen LogP contribution in [0.25, 0.3) is 111 Å². The normalized spacial score (nSPS) is 12.7. The minimum atomic E-state index is -0.404. The third kappa shape index (κ3) is 6.65. The second kappa shape index (κ2) is 18.2. The summed E-state index contributed by atoms with van der Waals surface area (Å²) in [5.41, 5.74) is 27.7. The van der Waals surface area contributed by atoms with Crippen LogP contribution in [0.2, 0.25) is 0 Å². The number of hydrogen-bond donors (Lipinski definition) is 0. The van der Waals surface area contributed by atoms with Crippen molar-refractivity contribution in [2.24, 2.45) is 0 Å². The van der Waals surface area contributed by atoms with Gasteiger partial charge in [0, 0.05) is 50.0 Å². The maximum Gasteiger partial charge on any atom is 0.0725 e. The molecule has 0 amide bonds. The summed E-state index contributed by atoms with van der Waals surface area (Å²) >= 11 is 0. The average molecular weight is 1040 g/mol. The molecular weight excluding hydrogens is 991 g/mol. The van der Waals surface area contributed by atoms with Crippen LogP contribution in [0.3, 0.4) is 0 Å². The van der Waals surface area contributed by atoms with E-state index in [-0.39, 0.29) is 0 Å². The molecule has 2 aromatic heterocycles. The Kier molecular flexibility index (Phi) is 10.2. The van der Waals surface area contributed by atoms with Gasteiger partial charge in [-0.1, -0.05) is 224 Å². The second-order valence-corrected chi connectivity index (χ2v) is 21.9. The Morgan fingerprint density at radius 1 is 0.232 bits per heavy atom. The molecule has 17 rings (SSSR count). The Morgan fingerprint density at radius 2 is 0.561 bits per heavy atom. The Bertz CT molecular complexity index is 4760. The molecule has 0 radical (unpaired) electrons. The van der Waals surface area contributed by atoms with Crippen LogP contribution in [-0.4, -0.2) is 9.13 Å². The lowest BCUT2D eigenvalue weighted by Crippen LogP contribution is -2.25. The van der Waals surface area contributed by atoms with Crippen LogP contribution < -0.4 is 4.90 Å². The number of anilines is 3. The van der Waals surface area contributed by atoms with Crippen molar-refractivity contribution in [3.63, 3.8) is 0 Å². The lowest BCUT2D eigenvalue weighted by Gasteiger charge is -2.30. The summed E-state index contributed by atoms with van der Waals surface area (Å²) in [7, 11) is 0. The highest BCUT2D eigenvalue weighted by Gasteiger charge is 2.52. The smallest absolute Gasteiger partial charge is 0.0725 e. The molecule has 3 nitrogen and oxygen atoms in total. The van der Waals surface area contributed by atoms with E-state index in [0.29, 0.717) is 0 Å². The number of hydrogen-bond acceptors (Lipinski definition) is 1. The third-order valence-corrected chi connectivity index (χ3v) is 17.8. The van der Waals surface area contributed by atoms with Gasteiger partial charge < -0.3 is 14.0 Å². The Balaban J connectivity index is 0.804. The molecule has 0 unspecified atom stereocenters. The zero-order valence-corrected chi connectivity index (χ0v) is 44.8. The van der Waals surface area contributed by atoms with E-state index in [0.717, 1.165) is 28.4 Å². The van der Waals surface area contributed by atoms with Gasteiger partial charge in [-0.25, -0.2) is 0 Å². The van der Waals surface area contributed by atoms with Gasteiger partial charge in [-0.2, -0.15) is 0 Å². The zero-order valence-electron chi connectivity index (χ0n) is 44.8. The average Bonchev–Trinajstić information content (AvgIpc) is 1.67. The van der Waals surface area contributed by atoms with Gasteiger partial charge in [0.25, 0.3) is 0 Å². The SMILES string of the molecule is c1ccc(-n2c3ccccc3c3c(-c4ccc(N(c5ccc(-c6cccc7c6-c6ccccc6C76c7ccccc7-c7ccccc76)cc5)c5ccc(-c6cccc7c6c6ccccc6n7-c6ccccc6)cc5)cc4)cccc32)cc1. The maximum absolute atomic E-state index is 2.41. The molecule has 2 aliphatic rings. The van der Waals surface area contributed by atoms with Gasteiger partial charge in [-0.15, -0.1) is 0 Å². The zero-order chi connectivity index (χ0) is 53.9. The van der Waals surface area contributed by atoms with Crippen LogP contribution in [0.5, 0.6) is 0 Å². The van der Waals surface area contributed by atoms with E-state index in [1.165, 1.54) is 122 Å². The van der Waals surface area contributed by atoms with Gasteiger partial charge in [0.2, 0.25) is 0 Å². The highest BCUT2D eigenvalue weighted by atomic mass is 15.1. The largest absolute Gasteiger partial charge is 0.311 e. The fraction of sp³-hybridized carbons (Fsp3) is 0.0127. The maximum atomic E-state index is 2.41. The van der Waals surface area contributed by atoms with E-state index >= 15 is 0 Å². The first-order valence-electron chi connectivity index (χ1n) is 28.4. The molecule has 1 spiro atoms. The number of benzene rings is 13. The molecule has 0 aliphatic heterocycles. The molecule has 382 valence electrons. The summed E-state index contributed by atoms with van der Waals surface area (Å²) in [6.45, 7) is 0. The van der Waals surface area contributed by atoms with Gasteiger partial charge in [0.15, 0.2) is 0 Å². The van der Waals surface area contributed by atoms with Gasteiger partial charge in [-0.3, -0.25) is 0 Å². The monoisotopic (exact) mass is 1040 g/mol. The summed E-state index contributed by atoms with van der Waals surface area (Å²) < 4.78 is 4.79. The van der Waals surface area contributed by atoms with E-state index < -0.39 is 5.41 Å². The topological polar surface area (TPSA) is 13.1 Å². The Morgan fingerprint density at radius 3 is 1.04 bits per heavy atom. The molecule has 3 heteroatoms. The van der Waals surface area contributed by atoms with Crippen molar-refractivity contribution in [1.82, 2.24) is 9.13 Å². The highest BCUT2D eigenvalue weighted by molar-refractivity contribution is 6.17. The molecule has 13 aromatic carbocycles. The van der Waals surface area contributed by atoms with E-state index in [4.69, 9.17) is 0 Å². The van der Waals surface area contributed by atoms with Crippen LogP contribution in [0.15, 0.2) is 309 Å². The number of para-hydroxylation sites is 4. The summed E-state index contributed by atoms with van der Waals surface area (Å²) in [5, 5.41) is 4.98. The molecule has 0 atom stereocenters. The van der Waals surface area contributed by atoms with Crippen LogP contribution in [-0.2, 0) is 5.41 Å². The Labute approximate surface area is 476 Å². The van der Waals surface area contributed by atoms with Gasteiger partial charge in [0.05, 0.1) is 27.5 Å². The van der Waals surface area contributed by atoms with Crippen LogP contribution in [0, 0.1) is 0 Å². The minimum absolute atomic E-state index is 0.404. The van der Waals surface area contributed by atoms with Gasteiger partial charge in [0.1, 0.15) is 0 Å². The first-order chi connectivity index (χ1) is 40.7. The van der Waals surface area contributed by atoms with Crippen molar-refractivity contribution in [1.29, 1.82) is 0 Å². The molecule has 0 saturated carbocycles. The van der Waals surface area contributed by atoms with Crippen LogP contribution >= 0.6 is 0 Å². The molecule has 0 bridgehead atoms. The van der Waals surface area contributed by atoms with Gasteiger partial charge in [-0.05, 0) is 163 Å². The summed E-state index contributed by atoms with van der Waals surface area (Å²) in [4.78, 5) is 2.41. The molecule has 15 aromatic rings. The molecular formula is C79H51N3. The number of nitrogens with zero attached hydrogens (tertiary/aromatic N) is 3. The summed E-state index contributed by atoms with van der Waals surface area (Å²) in [6.07, 6.45) is 0. The number of fused-ring (bicyclic) bond motifs is 16. The lowest BCUT2D eigenvalue weighted by molar-refractivity contribution is 0.794. The highest BCUT2D eigenvalue weighted by Crippen LogP contribution is 2.64. The minimum Gasteiger partial charge on any atom is -0.311 e. The number of rotatable bonds is 8. The molecule has 0 N–H and O–H groups in total. The molecule has 2 heterocycles. The van der Waals surface area contributed by atoms with E-state index in [1.807, 2.05) is 0 Å². The predicted octanol–water partition coefficient (Wildman–Crippen LogP) is 20.7. The predicted molar refractivity (Wildman–Crippen MR) is 342 cm³/mol. The first-order valence-corrected chi connectivity index (χ1v) is 28.4.